The summed E-state index contributed by atoms with van der Waals surface area (Å²) in [5.41, 5.74) is -0.0839. The van der Waals surface area contributed by atoms with Gasteiger partial charge in [-0.15, -0.1) is 0 Å². The molecule has 7 heteroatoms. The van der Waals surface area contributed by atoms with E-state index in [-0.39, 0.29) is 26.9 Å². The van der Waals surface area contributed by atoms with E-state index in [0.717, 1.165) is 12.8 Å². The van der Waals surface area contributed by atoms with Crippen LogP contribution in [0.25, 0.3) is 0 Å². The summed E-state index contributed by atoms with van der Waals surface area (Å²) in [6.07, 6.45) is 1.83. The van der Waals surface area contributed by atoms with Crippen molar-refractivity contribution in [3.63, 3.8) is 0 Å². The number of benzene rings is 1. The molecule has 2 rings (SSSR count). The van der Waals surface area contributed by atoms with Gasteiger partial charge in [-0.25, -0.2) is 8.42 Å². The average molecular weight is 336 g/mol. The molecule has 0 spiro atoms. The van der Waals surface area contributed by atoms with Crippen molar-refractivity contribution in [2.45, 2.75) is 37.1 Å². The van der Waals surface area contributed by atoms with Crippen LogP contribution in [0.5, 0.6) is 0 Å². The molecule has 1 aliphatic heterocycles. The number of hydrogen-bond acceptors (Lipinski definition) is 3. The number of carbonyl (C=O) groups excluding carboxylic acids is 1. The lowest BCUT2D eigenvalue weighted by molar-refractivity contribution is 0.0652. The van der Waals surface area contributed by atoms with E-state index in [4.69, 9.17) is 22.3 Å². The molecule has 0 aliphatic carbocycles. The summed E-state index contributed by atoms with van der Waals surface area (Å²) in [6, 6.07) is 3.91. The van der Waals surface area contributed by atoms with E-state index < -0.39 is 9.05 Å². The van der Waals surface area contributed by atoms with Crippen LogP contribution in [0.2, 0.25) is 5.02 Å². The standard InChI is InChI=1S/C13H15Cl2NO3S/c1-13(2)6-3-7-16(13)12(17)10-8-9(20(15,18)19)4-5-11(10)14/h4-5,8H,3,6-7H2,1-2H3. The zero-order valence-electron chi connectivity index (χ0n) is 11.2. The molecule has 1 heterocycles. The van der Waals surface area contributed by atoms with Gasteiger partial charge < -0.3 is 4.90 Å². The summed E-state index contributed by atoms with van der Waals surface area (Å²) in [4.78, 5) is 14.2. The molecule has 1 saturated heterocycles. The van der Waals surface area contributed by atoms with Gasteiger partial charge in [-0.2, -0.15) is 0 Å². The van der Waals surface area contributed by atoms with Crippen LogP contribution in [0, 0.1) is 0 Å². The van der Waals surface area contributed by atoms with Gasteiger partial charge in [0.25, 0.3) is 15.0 Å². The van der Waals surface area contributed by atoms with E-state index >= 15 is 0 Å². The highest BCUT2D eigenvalue weighted by atomic mass is 35.7. The largest absolute Gasteiger partial charge is 0.333 e. The zero-order chi connectivity index (χ0) is 15.1. The molecule has 0 unspecified atom stereocenters. The highest BCUT2D eigenvalue weighted by Gasteiger charge is 2.36. The molecule has 1 amide bonds. The van der Waals surface area contributed by atoms with E-state index in [0.29, 0.717) is 6.54 Å². The second-order valence-electron chi connectivity index (χ2n) is 5.45. The molecule has 0 aromatic heterocycles. The van der Waals surface area contributed by atoms with E-state index in [9.17, 15) is 13.2 Å². The average Bonchev–Trinajstić information content (AvgIpc) is 2.67. The van der Waals surface area contributed by atoms with Crippen molar-refractivity contribution in [2.75, 3.05) is 6.54 Å². The molecule has 0 atom stereocenters. The van der Waals surface area contributed by atoms with Crippen molar-refractivity contribution in [1.29, 1.82) is 0 Å². The molecule has 110 valence electrons. The summed E-state index contributed by atoms with van der Waals surface area (Å²) in [6.45, 7) is 4.60. The Morgan fingerprint density at radius 1 is 1.35 bits per heavy atom. The Hall–Kier alpha value is -0.780. The number of likely N-dealkylation sites (tertiary alicyclic amines) is 1. The lowest BCUT2D eigenvalue weighted by atomic mass is 10.0. The first-order chi connectivity index (χ1) is 9.13. The van der Waals surface area contributed by atoms with Gasteiger partial charge in [0.05, 0.1) is 15.5 Å². The highest BCUT2D eigenvalue weighted by Crippen LogP contribution is 2.32. The lowest BCUT2D eigenvalue weighted by Crippen LogP contribution is -2.42. The summed E-state index contributed by atoms with van der Waals surface area (Å²) in [5.74, 6) is -0.264. The fourth-order valence-corrected chi connectivity index (χ4v) is 3.42. The SMILES string of the molecule is CC1(C)CCCN1C(=O)c1cc(S(=O)(=O)Cl)ccc1Cl. The molecule has 0 saturated carbocycles. The van der Waals surface area contributed by atoms with Gasteiger partial charge in [0.15, 0.2) is 0 Å². The van der Waals surface area contributed by atoms with Crippen molar-refractivity contribution in [1.82, 2.24) is 4.90 Å². The first-order valence-corrected chi connectivity index (χ1v) is 8.88. The van der Waals surface area contributed by atoms with Gasteiger partial charge in [0, 0.05) is 22.8 Å². The Kier molecular flexibility index (Phi) is 4.06. The van der Waals surface area contributed by atoms with Crippen LogP contribution in [-0.2, 0) is 9.05 Å². The van der Waals surface area contributed by atoms with Gasteiger partial charge >= 0.3 is 0 Å². The number of carbonyl (C=O) groups is 1. The maximum absolute atomic E-state index is 12.6. The third-order valence-corrected chi connectivity index (χ3v) is 5.28. The van der Waals surface area contributed by atoms with E-state index in [1.54, 1.807) is 4.90 Å². The highest BCUT2D eigenvalue weighted by molar-refractivity contribution is 8.13. The predicted molar refractivity (Wildman–Crippen MR) is 78.8 cm³/mol. The molecular weight excluding hydrogens is 321 g/mol. The molecule has 0 N–H and O–H groups in total. The van der Waals surface area contributed by atoms with Crippen LogP contribution in [0.15, 0.2) is 23.1 Å². The van der Waals surface area contributed by atoms with Crippen molar-refractivity contribution < 1.29 is 13.2 Å². The third kappa shape index (κ3) is 2.95. The number of nitrogens with zero attached hydrogens (tertiary/aromatic N) is 1. The monoisotopic (exact) mass is 335 g/mol. The smallest absolute Gasteiger partial charge is 0.261 e. The molecule has 1 aliphatic rings. The minimum absolute atomic E-state index is 0.121. The minimum Gasteiger partial charge on any atom is -0.333 e. The van der Waals surface area contributed by atoms with E-state index in [2.05, 4.69) is 0 Å². The van der Waals surface area contributed by atoms with Gasteiger partial charge in [-0.1, -0.05) is 11.6 Å². The quantitative estimate of drug-likeness (QED) is 0.779. The van der Waals surface area contributed by atoms with Crippen molar-refractivity contribution in [2.24, 2.45) is 0 Å². The summed E-state index contributed by atoms with van der Waals surface area (Å²) < 4.78 is 22.7. The van der Waals surface area contributed by atoms with Crippen LogP contribution < -0.4 is 0 Å². The first kappa shape index (κ1) is 15.6. The van der Waals surface area contributed by atoms with Crippen LogP contribution in [0.3, 0.4) is 0 Å². The second kappa shape index (κ2) is 5.20. The third-order valence-electron chi connectivity index (χ3n) is 3.60. The molecule has 1 aromatic carbocycles. The van der Waals surface area contributed by atoms with Gasteiger partial charge in [-0.3, -0.25) is 4.79 Å². The van der Waals surface area contributed by atoms with Gasteiger partial charge in [-0.05, 0) is 44.9 Å². The molecule has 4 nitrogen and oxygen atoms in total. The predicted octanol–water partition coefficient (Wildman–Crippen LogP) is 3.28. The Labute approximate surface area is 128 Å². The normalized spacial score (nSPS) is 18.3. The van der Waals surface area contributed by atoms with Crippen LogP contribution in [0.1, 0.15) is 37.0 Å². The Morgan fingerprint density at radius 3 is 2.50 bits per heavy atom. The van der Waals surface area contributed by atoms with Crippen molar-refractivity contribution in [3.05, 3.63) is 28.8 Å². The Morgan fingerprint density at radius 2 is 2.00 bits per heavy atom. The maximum Gasteiger partial charge on any atom is 0.261 e. The van der Waals surface area contributed by atoms with E-state index in [1.807, 2.05) is 13.8 Å². The number of halogens is 2. The molecule has 1 aromatic rings. The fraction of sp³-hybridized carbons (Fsp3) is 0.462. The van der Waals surface area contributed by atoms with E-state index in [1.165, 1.54) is 18.2 Å². The molecule has 1 fully saturated rings. The van der Waals surface area contributed by atoms with Crippen LogP contribution in [-0.4, -0.2) is 31.3 Å². The second-order valence-corrected chi connectivity index (χ2v) is 8.43. The Balaban J connectivity index is 2.45. The minimum atomic E-state index is -3.89. The Bertz CT molecular complexity index is 656. The zero-order valence-corrected chi connectivity index (χ0v) is 13.5. The number of rotatable bonds is 2. The summed E-state index contributed by atoms with van der Waals surface area (Å²) in [7, 11) is 1.42. The van der Waals surface area contributed by atoms with Crippen LogP contribution in [0.4, 0.5) is 0 Å². The number of hydrogen-bond donors (Lipinski definition) is 0. The molecule has 20 heavy (non-hydrogen) atoms. The van der Waals surface area contributed by atoms with Gasteiger partial charge in [0.1, 0.15) is 0 Å². The summed E-state index contributed by atoms with van der Waals surface area (Å²) in [5, 5.41) is 0.224. The maximum atomic E-state index is 12.6. The fourth-order valence-electron chi connectivity index (χ4n) is 2.45. The van der Waals surface area contributed by atoms with Crippen molar-refractivity contribution >= 4 is 37.2 Å². The summed E-state index contributed by atoms with van der Waals surface area (Å²) >= 11 is 6.03. The van der Waals surface area contributed by atoms with Crippen LogP contribution >= 0.6 is 22.3 Å². The first-order valence-electron chi connectivity index (χ1n) is 6.19. The molecular formula is C13H15Cl2NO3S. The van der Waals surface area contributed by atoms with Gasteiger partial charge in [0.2, 0.25) is 0 Å². The lowest BCUT2D eigenvalue weighted by Gasteiger charge is -2.32. The topological polar surface area (TPSA) is 54.5 Å². The number of amides is 1. The molecule has 0 bridgehead atoms. The van der Waals surface area contributed by atoms with Crippen molar-refractivity contribution in [3.8, 4) is 0 Å². The molecule has 0 radical (unpaired) electrons.